The SMILES string of the molecule is CCOc1cc(NC=O)ccc1C#N. The molecule has 0 bridgehead atoms. The highest BCUT2D eigenvalue weighted by Crippen LogP contribution is 2.22. The zero-order chi connectivity index (χ0) is 10.4. The van der Waals surface area contributed by atoms with Gasteiger partial charge in [-0.3, -0.25) is 4.79 Å². The van der Waals surface area contributed by atoms with Crippen LogP contribution in [0, 0.1) is 11.3 Å². The summed E-state index contributed by atoms with van der Waals surface area (Å²) in [5.41, 5.74) is 1.07. The molecule has 1 rings (SSSR count). The van der Waals surface area contributed by atoms with Crippen LogP contribution < -0.4 is 10.1 Å². The Kier molecular flexibility index (Phi) is 3.50. The van der Waals surface area contributed by atoms with Gasteiger partial charge in [0.25, 0.3) is 0 Å². The number of carbonyl (C=O) groups excluding carboxylic acids is 1. The molecule has 1 aromatic rings. The number of ether oxygens (including phenoxy) is 1. The highest BCUT2D eigenvalue weighted by molar-refractivity contribution is 5.72. The van der Waals surface area contributed by atoms with Crippen molar-refractivity contribution >= 4 is 12.1 Å². The number of nitrogens with zero attached hydrogens (tertiary/aromatic N) is 1. The van der Waals surface area contributed by atoms with Crippen LogP contribution in [0.25, 0.3) is 0 Å². The summed E-state index contributed by atoms with van der Waals surface area (Å²) in [7, 11) is 0. The van der Waals surface area contributed by atoms with Gasteiger partial charge >= 0.3 is 0 Å². The Bertz CT molecular complexity index is 369. The van der Waals surface area contributed by atoms with E-state index in [4.69, 9.17) is 10.00 Å². The van der Waals surface area contributed by atoms with E-state index in [1.165, 1.54) is 0 Å². The fourth-order valence-electron chi connectivity index (χ4n) is 1.05. The standard InChI is InChI=1S/C10H10N2O2/c1-2-14-10-5-9(12-7-13)4-3-8(10)6-11/h3-5,7H,2H2,1H3,(H,12,13). The molecule has 0 heterocycles. The second kappa shape index (κ2) is 4.87. The van der Waals surface area contributed by atoms with Crippen LogP contribution in [0.5, 0.6) is 5.75 Å². The molecule has 0 aliphatic heterocycles. The van der Waals surface area contributed by atoms with Gasteiger partial charge in [-0.15, -0.1) is 0 Å². The Morgan fingerprint density at radius 2 is 2.43 bits per heavy atom. The summed E-state index contributed by atoms with van der Waals surface area (Å²) in [5, 5.41) is 11.2. The largest absolute Gasteiger partial charge is 0.492 e. The van der Waals surface area contributed by atoms with Crippen LogP contribution in [-0.2, 0) is 4.79 Å². The molecule has 0 aliphatic rings. The normalized spacial score (nSPS) is 8.86. The molecule has 0 fully saturated rings. The Morgan fingerprint density at radius 3 is 3.00 bits per heavy atom. The average Bonchev–Trinajstić information content (AvgIpc) is 2.19. The van der Waals surface area contributed by atoms with E-state index in [0.717, 1.165) is 0 Å². The van der Waals surface area contributed by atoms with Gasteiger partial charge in [-0.25, -0.2) is 0 Å². The molecular formula is C10H10N2O2. The van der Waals surface area contributed by atoms with Gasteiger partial charge < -0.3 is 10.1 Å². The van der Waals surface area contributed by atoms with Gasteiger partial charge in [-0.2, -0.15) is 5.26 Å². The van der Waals surface area contributed by atoms with Crippen LogP contribution in [0.3, 0.4) is 0 Å². The molecule has 14 heavy (non-hydrogen) atoms. The van der Waals surface area contributed by atoms with Crippen LogP contribution in [0.4, 0.5) is 5.69 Å². The summed E-state index contributed by atoms with van der Waals surface area (Å²) in [6, 6.07) is 6.89. The minimum atomic E-state index is 0.461. The Labute approximate surface area is 82.1 Å². The van der Waals surface area contributed by atoms with E-state index in [1.807, 2.05) is 13.0 Å². The molecule has 0 saturated carbocycles. The lowest BCUT2D eigenvalue weighted by atomic mass is 10.2. The van der Waals surface area contributed by atoms with Crippen molar-refractivity contribution in [2.45, 2.75) is 6.92 Å². The fourth-order valence-corrected chi connectivity index (χ4v) is 1.05. The molecule has 0 radical (unpaired) electrons. The third-order valence-electron chi connectivity index (χ3n) is 1.63. The first-order valence-electron chi connectivity index (χ1n) is 4.19. The predicted molar refractivity (Wildman–Crippen MR) is 52.0 cm³/mol. The second-order valence-corrected chi connectivity index (χ2v) is 2.52. The molecule has 4 heteroatoms. The molecule has 1 N–H and O–H groups in total. The summed E-state index contributed by atoms with van der Waals surface area (Å²) in [5.74, 6) is 0.488. The lowest BCUT2D eigenvalue weighted by Crippen LogP contribution is -1.98. The molecule has 0 aromatic heterocycles. The van der Waals surface area contributed by atoms with Crippen molar-refractivity contribution < 1.29 is 9.53 Å². The first-order chi connectivity index (χ1) is 6.81. The molecule has 0 aliphatic carbocycles. The van der Waals surface area contributed by atoms with Crippen LogP contribution in [0.1, 0.15) is 12.5 Å². The summed E-state index contributed by atoms with van der Waals surface area (Å²) < 4.78 is 5.24. The second-order valence-electron chi connectivity index (χ2n) is 2.52. The topological polar surface area (TPSA) is 62.1 Å². The molecule has 1 amide bonds. The van der Waals surface area contributed by atoms with Crippen molar-refractivity contribution in [3.63, 3.8) is 0 Å². The van der Waals surface area contributed by atoms with Gasteiger partial charge in [0.1, 0.15) is 11.8 Å². The molecule has 0 saturated heterocycles. The molecule has 0 atom stereocenters. The van der Waals surface area contributed by atoms with E-state index in [0.29, 0.717) is 30.0 Å². The van der Waals surface area contributed by atoms with Gasteiger partial charge in [0.2, 0.25) is 6.41 Å². The minimum Gasteiger partial charge on any atom is -0.492 e. The maximum absolute atomic E-state index is 10.2. The summed E-state index contributed by atoms with van der Waals surface area (Å²) in [6.45, 7) is 2.32. The smallest absolute Gasteiger partial charge is 0.211 e. The number of rotatable bonds is 4. The number of carbonyl (C=O) groups is 1. The number of hydrogen-bond donors (Lipinski definition) is 1. The van der Waals surface area contributed by atoms with Crippen LogP contribution in [-0.4, -0.2) is 13.0 Å². The van der Waals surface area contributed by atoms with Crippen molar-refractivity contribution in [3.05, 3.63) is 23.8 Å². The summed E-state index contributed by atoms with van der Waals surface area (Å²) in [6.07, 6.45) is 0.580. The number of benzene rings is 1. The first kappa shape index (κ1) is 10.1. The molecule has 1 aromatic carbocycles. The number of nitrogens with one attached hydrogen (secondary N) is 1. The van der Waals surface area contributed by atoms with Gasteiger partial charge in [-0.05, 0) is 19.1 Å². The number of nitriles is 1. The number of amides is 1. The van der Waals surface area contributed by atoms with E-state index in [1.54, 1.807) is 18.2 Å². The summed E-state index contributed by atoms with van der Waals surface area (Å²) in [4.78, 5) is 10.2. The Balaban J connectivity index is 3.01. The molecule has 4 nitrogen and oxygen atoms in total. The van der Waals surface area contributed by atoms with Crippen molar-refractivity contribution in [1.29, 1.82) is 5.26 Å². The Morgan fingerprint density at radius 1 is 1.64 bits per heavy atom. The zero-order valence-electron chi connectivity index (χ0n) is 7.78. The van der Waals surface area contributed by atoms with Gasteiger partial charge in [0, 0.05) is 11.8 Å². The lowest BCUT2D eigenvalue weighted by molar-refractivity contribution is -0.105. The highest BCUT2D eigenvalue weighted by Gasteiger charge is 2.03. The van der Waals surface area contributed by atoms with E-state index in [9.17, 15) is 4.79 Å². The van der Waals surface area contributed by atoms with Gasteiger partial charge in [0.15, 0.2) is 0 Å². The molecule has 0 unspecified atom stereocenters. The number of hydrogen-bond acceptors (Lipinski definition) is 3. The quantitative estimate of drug-likeness (QED) is 0.732. The maximum Gasteiger partial charge on any atom is 0.211 e. The maximum atomic E-state index is 10.2. The Hall–Kier alpha value is -2.02. The van der Waals surface area contributed by atoms with Crippen molar-refractivity contribution in [2.24, 2.45) is 0 Å². The highest BCUT2D eigenvalue weighted by atomic mass is 16.5. The molecule has 0 spiro atoms. The van der Waals surface area contributed by atoms with Crippen molar-refractivity contribution in [2.75, 3.05) is 11.9 Å². The van der Waals surface area contributed by atoms with Crippen LogP contribution in [0.15, 0.2) is 18.2 Å². The van der Waals surface area contributed by atoms with Crippen LogP contribution in [0.2, 0.25) is 0 Å². The van der Waals surface area contributed by atoms with Crippen molar-refractivity contribution in [1.82, 2.24) is 0 Å². The average molecular weight is 190 g/mol. The molecular weight excluding hydrogens is 180 g/mol. The molecule has 72 valence electrons. The van der Waals surface area contributed by atoms with E-state index >= 15 is 0 Å². The number of anilines is 1. The first-order valence-corrected chi connectivity index (χ1v) is 4.19. The lowest BCUT2D eigenvalue weighted by Gasteiger charge is -2.06. The van der Waals surface area contributed by atoms with Crippen LogP contribution >= 0.6 is 0 Å². The van der Waals surface area contributed by atoms with Gasteiger partial charge in [-0.1, -0.05) is 0 Å². The zero-order valence-corrected chi connectivity index (χ0v) is 7.78. The monoisotopic (exact) mass is 190 g/mol. The third-order valence-corrected chi connectivity index (χ3v) is 1.63. The van der Waals surface area contributed by atoms with E-state index in [-0.39, 0.29) is 0 Å². The van der Waals surface area contributed by atoms with E-state index in [2.05, 4.69) is 5.32 Å². The third kappa shape index (κ3) is 2.23. The fraction of sp³-hybridized carbons (Fsp3) is 0.200. The summed E-state index contributed by atoms with van der Waals surface area (Å²) >= 11 is 0. The van der Waals surface area contributed by atoms with Gasteiger partial charge in [0.05, 0.1) is 12.2 Å². The van der Waals surface area contributed by atoms with E-state index < -0.39 is 0 Å². The van der Waals surface area contributed by atoms with Crippen molar-refractivity contribution in [3.8, 4) is 11.8 Å². The predicted octanol–water partition coefficient (Wildman–Crippen LogP) is 1.53. The minimum absolute atomic E-state index is 0.461.